The normalized spacial score (nSPS) is 10.7. The van der Waals surface area contributed by atoms with Crippen molar-refractivity contribution in [3.05, 3.63) is 52.7 Å². The predicted molar refractivity (Wildman–Crippen MR) is 68.0 cm³/mol. The van der Waals surface area contributed by atoms with E-state index in [1.54, 1.807) is 6.20 Å². The smallest absolute Gasteiger partial charge is 0.275 e. The zero-order chi connectivity index (χ0) is 12.5. The molecule has 0 fully saturated rings. The van der Waals surface area contributed by atoms with Crippen molar-refractivity contribution < 1.29 is 4.74 Å². The predicted octanol–water partition coefficient (Wildman–Crippen LogP) is 2.35. The molecule has 0 aliphatic heterocycles. The number of rotatable bonds is 2. The van der Waals surface area contributed by atoms with E-state index in [0.29, 0.717) is 16.8 Å². The van der Waals surface area contributed by atoms with Crippen LogP contribution < -0.4 is 10.3 Å². The molecule has 0 aliphatic carbocycles. The summed E-state index contributed by atoms with van der Waals surface area (Å²) in [4.78, 5) is 21.0. The van der Waals surface area contributed by atoms with Crippen molar-refractivity contribution in [1.29, 1.82) is 0 Å². The van der Waals surface area contributed by atoms with Crippen LogP contribution in [0.1, 0.15) is 5.56 Å². The van der Waals surface area contributed by atoms with Crippen LogP contribution in [-0.2, 0) is 0 Å². The maximum Gasteiger partial charge on any atom is 0.275 e. The Hall–Kier alpha value is -2.56. The van der Waals surface area contributed by atoms with E-state index in [2.05, 4.69) is 15.0 Å². The third kappa shape index (κ3) is 1.75. The molecule has 1 aromatic carbocycles. The summed E-state index contributed by atoms with van der Waals surface area (Å²) in [5.41, 5.74) is 1.85. The van der Waals surface area contributed by atoms with E-state index in [0.717, 1.165) is 11.3 Å². The van der Waals surface area contributed by atoms with Crippen LogP contribution >= 0.6 is 0 Å². The summed E-state index contributed by atoms with van der Waals surface area (Å²) < 4.78 is 5.72. The highest BCUT2D eigenvalue weighted by Gasteiger charge is 2.09. The Labute approximate surface area is 102 Å². The Kier molecular flexibility index (Phi) is 2.37. The third-order valence-electron chi connectivity index (χ3n) is 2.65. The van der Waals surface area contributed by atoms with E-state index in [4.69, 9.17) is 4.74 Å². The topological polar surface area (TPSA) is 70.8 Å². The summed E-state index contributed by atoms with van der Waals surface area (Å²) in [5.74, 6) is 1.26. The maximum atomic E-state index is 11.5. The Bertz CT molecular complexity index is 758. The van der Waals surface area contributed by atoms with Crippen molar-refractivity contribution in [3.63, 3.8) is 0 Å². The minimum Gasteiger partial charge on any atom is -0.453 e. The molecule has 0 spiro atoms. The second-order valence-corrected chi connectivity index (χ2v) is 4.03. The Balaban J connectivity index is 2.06. The molecule has 2 N–H and O–H groups in total. The number of nitrogens with one attached hydrogen (secondary N) is 2. The highest BCUT2D eigenvalue weighted by molar-refractivity contribution is 5.81. The van der Waals surface area contributed by atoms with Gasteiger partial charge in [-0.3, -0.25) is 4.79 Å². The van der Waals surface area contributed by atoms with Gasteiger partial charge in [0.15, 0.2) is 5.75 Å². The van der Waals surface area contributed by atoms with E-state index in [9.17, 15) is 4.79 Å². The second kappa shape index (κ2) is 4.03. The number of benzene rings is 1. The van der Waals surface area contributed by atoms with Gasteiger partial charge in [0.1, 0.15) is 16.8 Å². The molecule has 0 saturated heterocycles. The molecule has 0 atom stereocenters. The van der Waals surface area contributed by atoms with Crippen LogP contribution in [0, 0.1) is 6.92 Å². The number of aromatic amines is 2. The quantitative estimate of drug-likeness (QED) is 0.723. The minimum atomic E-state index is -0.209. The fraction of sp³-hybridized carbons (Fsp3) is 0.0769. The van der Waals surface area contributed by atoms with Crippen LogP contribution in [0.4, 0.5) is 0 Å². The average molecular weight is 241 g/mol. The molecule has 0 unspecified atom stereocenters. The van der Waals surface area contributed by atoms with E-state index in [1.807, 2.05) is 31.2 Å². The zero-order valence-electron chi connectivity index (χ0n) is 9.73. The molecule has 3 aromatic rings. The van der Waals surface area contributed by atoms with Gasteiger partial charge in [0.2, 0.25) is 0 Å². The molecular weight excluding hydrogens is 230 g/mol. The molecule has 90 valence electrons. The first-order valence-corrected chi connectivity index (χ1v) is 5.53. The molecule has 0 amide bonds. The molecule has 0 bridgehead atoms. The Morgan fingerprint density at radius 1 is 1.28 bits per heavy atom. The van der Waals surface area contributed by atoms with Crippen LogP contribution in [0.25, 0.3) is 11.0 Å². The van der Waals surface area contributed by atoms with Gasteiger partial charge in [-0.05, 0) is 24.6 Å². The molecule has 5 nitrogen and oxygen atoms in total. The fourth-order valence-corrected chi connectivity index (χ4v) is 1.81. The monoisotopic (exact) mass is 241 g/mol. The molecule has 2 heterocycles. The van der Waals surface area contributed by atoms with Crippen molar-refractivity contribution in [1.82, 2.24) is 15.0 Å². The first-order chi connectivity index (χ1) is 8.74. The number of fused-ring (bicyclic) bond motifs is 1. The second-order valence-electron chi connectivity index (χ2n) is 4.03. The number of nitrogens with zero attached hydrogens (tertiary/aromatic N) is 1. The highest BCUT2D eigenvalue weighted by Crippen LogP contribution is 2.26. The van der Waals surface area contributed by atoms with Gasteiger partial charge in [-0.15, -0.1) is 0 Å². The molecule has 3 rings (SSSR count). The van der Waals surface area contributed by atoms with Crippen LogP contribution in [0.3, 0.4) is 0 Å². The number of hydrogen-bond donors (Lipinski definition) is 2. The number of H-pyrrole nitrogens is 2. The summed E-state index contributed by atoms with van der Waals surface area (Å²) in [7, 11) is 0. The van der Waals surface area contributed by atoms with Gasteiger partial charge >= 0.3 is 0 Å². The van der Waals surface area contributed by atoms with E-state index < -0.39 is 0 Å². The molecule has 0 aliphatic rings. The van der Waals surface area contributed by atoms with Crippen molar-refractivity contribution in [2.24, 2.45) is 0 Å². The first kappa shape index (κ1) is 10.6. The fourth-order valence-electron chi connectivity index (χ4n) is 1.81. The van der Waals surface area contributed by atoms with Gasteiger partial charge in [-0.2, -0.15) is 0 Å². The summed E-state index contributed by atoms with van der Waals surface area (Å²) >= 11 is 0. The standard InChI is InChI=1S/C13H11N3O2/c1-8-3-2-4-9(5-8)18-10-6-14-12-11(10)15-7-16-13(12)17/h2-7,14H,1H3,(H,15,16,17). The molecule has 5 heteroatoms. The lowest BCUT2D eigenvalue weighted by atomic mass is 10.2. The maximum absolute atomic E-state index is 11.5. The lowest BCUT2D eigenvalue weighted by Crippen LogP contribution is -2.05. The number of hydrogen-bond acceptors (Lipinski definition) is 3. The van der Waals surface area contributed by atoms with Gasteiger partial charge in [0.25, 0.3) is 5.56 Å². The first-order valence-electron chi connectivity index (χ1n) is 5.53. The van der Waals surface area contributed by atoms with Crippen LogP contribution in [0.2, 0.25) is 0 Å². The highest BCUT2D eigenvalue weighted by atomic mass is 16.5. The van der Waals surface area contributed by atoms with Gasteiger partial charge in [0.05, 0.1) is 6.33 Å². The van der Waals surface area contributed by atoms with Gasteiger partial charge in [-0.25, -0.2) is 4.98 Å². The van der Waals surface area contributed by atoms with Crippen molar-refractivity contribution in [3.8, 4) is 11.5 Å². The molecule has 18 heavy (non-hydrogen) atoms. The van der Waals surface area contributed by atoms with Crippen LogP contribution in [0.15, 0.2) is 41.6 Å². The Morgan fingerprint density at radius 2 is 2.17 bits per heavy atom. The summed E-state index contributed by atoms with van der Waals surface area (Å²) in [6.07, 6.45) is 3.00. The molecular formula is C13H11N3O2. The summed E-state index contributed by atoms with van der Waals surface area (Å²) in [6.45, 7) is 1.99. The molecule has 0 radical (unpaired) electrons. The van der Waals surface area contributed by atoms with E-state index in [1.165, 1.54) is 6.33 Å². The molecule has 0 saturated carbocycles. The molecule has 2 aromatic heterocycles. The van der Waals surface area contributed by atoms with Crippen molar-refractivity contribution in [2.45, 2.75) is 6.92 Å². The largest absolute Gasteiger partial charge is 0.453 e. The Morgan fingerprint density at radius 3 is 3.00 bits per heavy atom. The zero-order valence-corrected chi connectivity index (χ0v) is 9.73. The number of aryl methyl sites for hydroxylation is 1. The van der Waals surface area contributed by atoms with Gasteiger partial charge < -0.3 is 14.7 Å². The number of aromatic nitrogens is 3. The lowest BCUT2D eigenvalue weighted by molar-refractivity contribution is 0.486. The van der Waals surface area contributed by atoms with Gasteiger partial charge in [0, 0.05) is 6.20 Å². The lowest BCUT2D eigenvalue weighted by Gasteiger charge is -2.03. The minimum absolute atomic E-state index is 0.209. The van der Waals surface area contributed by atoms with Crippen LogP contribution in [0.5, 0.6) is 11.5 Å². The van der Waals surface area contributed by atoms with Crippen LogP contribution in [-0.4, -0.2) is 15.0 Å². The van der Waals surface area contributed by atoms with Crippen molar-refractivity contribution in [2.75, 3.05) is 0 Å². The van der Waals surface area contributed by atoms with E-state index in [-0.39, 0.29) is 5.56 Å². The van der Waals surface area contributed by atoms with Gasteiger partial charge in [-0.1, -0.05) is 12.1 Å². The number of ether oxygens (including phenoxy) is 1. The third-order valence-corrected chi connectivity index (χ3v) is 2.65. The van der Waals surface area contributed by atoms with Crippen molar-refractivity contribution >= 4 is 11.0 Å². The summed E-state index contributed by atoms with van der Waals surface area (Å²) in [5, 5.41) is 0. The van der Waals surface area contributed by atoms with E-state index >= 15 is 0 Å². The average Bonchev–Trinajstić information content (AvgIpc) is 2.74. The SMILES string of the molecule is Cc1cccc(Oc2c[nH]c3c(=O)[nH]cnc23)c1. The summed E-state index contributed by atoms with van der Waals surface area (Å²) in [6, 6.07) is 7.69.